The molecule has 0 unspecified atom stereocenters. The van der Waals surface area contributed by atoms with Crippen LogP contribution in [0.25, 0.3) is 0 Å². The van der Waals surface area contributed by atoms with Gasteiger partial charge in [0.15, 0.2) is 0 Å². The quantitative estimate of drug-likeness (QED) is 0.589. The molecule has 2 rings (SSSR count). The van der Waals surface area contributed by atoms with Gasteiger partial charge in [0.25, 0.3) is 5.69 Å². The van der Waals surface area contributed by atoms with Gasteiger partial charge in [-0.05, 0) is 49.7 Å². The fourth-order valence-corrected chi connectivity index (χ4v) is 3.17. The van der Waals surface area contributed by atoms with Gasteiger partial charge >= 0.3 is 0 Å². The summed E-state index contributed by atoms with van der Waals surface area (Å²) < 4.78 is 0. The van der Waals surface area contributed by atoms with Crippen molar-refractivity contribution in [1.29, 1.82) is 5.26 Å². The fourth-order valence-electron chi connectivity index (χ4n) is 2.97. The zero-order valence-electron chi connectivity index (χ0n) is 12.4. The molecular weight excluding hydrogens is 288 g/mol. The molecule has 21 heavy (non-hydrogen) atoms. The highest BCUT2D eigenvalue weighted by Gasteiger charge is 2.39. The predicted molar refractivity (Wildman–Crippen MR) is 82.1 cm³/mol. The number of hydrogen-bond acceptors (Lipinski definition) is 3. The lowest BCUT2D eigenvalue weighted by Crippen LogP contribution is -2.32. The van der Waals surface area contributed by atoms with Gasteiger partial charge in [-0.1, -0.05) is 25.4 Å². The molecule has 1 fully saturated rings. The molecule has 4 nitrogen and oxygen atoms in total. The minimum atomic E-state index is -0.509. The lowest BCUT2D eigenvalue weighted by Gasteiger charge is -2.39. The van der Waals surface area contributed by atoms with Gasteiger partial charge in [0.2, 0.25) is 0 Å². The van der Waals surface area contributed by atoms with Gasteiger partial charge < -0.3 is 0 Å². The summed E-state index contributed by atoms with van der Waals surface area (Å²) in [6.45, 7) is 4.41. The first-order valence-electron chi connectivity index (χ1n) is 7.11. The Bertz CT molecular complexity index is 595. The van der Waals surface area contributed by atoms with Crippen molar-refractivity contribution in [1.82, 2.24) is 0 Å². The van der Waals surface area contributed by atoms with Crippen LogP contribution in [0.5, 0.6) is 0 Å². The fraction of sp³-hybridized carbons (Fsp3) is 0.562. The summed E-state index contributed by atoms with van der Waals surface area (Å²) in [5, 5.41) is 21.2. The van der Waals surface area contributed by atoms with Crippen LogP contribution >= 0.6 is 11.6 Å². The molecule has 0 amide bonds. The number of halogens is 1. The molecule has 5 heteroatoms. The molecule has 0 saturated heterocycles. The highest BCUT2D eigenvalue weighted by molar-refractivity contribution is 6.30. The van der Waals surface area contributed by atoms with Crippen LogP contribution in [-0.4, -0.2) is 4.92 Å². The molecule has 1 aliphatic rings. The Balaban J connectivity index is 2.30. The van der Waals surface area contributed by atoms with Gasteiger partial charge in [-0.2, -0.15) is 5.26 Å². The van der Waals surface area contributed by atoms with Crippen molar-refractivity contribution in [2.75, 3.05) is 0 Å². The molecule has 0 aliphatic heterocycles. The number of benzene rings is 1. The normalized spacial score (nSPS) is 19.7. The SMILES string of the molecule is CC1(C)CCC(C#N)(Cc2cc(Cl)ccc2[N+](=O)[O-])CC1. The molecule has 1 saturated carbocycles. The van der Waals surface area contributed by atoms with E-state index in [1.807, 2.05) is 0 Å². The molecule has 0 radical (unpaired) electrons. The molecule has 0 N–H and O–H groups in total. The maximum Gasteiger partial charge on any atom is 0.272 e. The Kier molecular flexibility index (Phi) is 4.25. The first kappa shape index (κ1) is 15.8. The first-order chi connectivity index (χ1) is 9.77. The number of nitrogens with zero attached hydrogens (tertiary/aromatic N) is 2. The van der Waals surface area contributed by atoms with Gasteiger partial charge in [-0.15, -0.1) is 0 Å². The second-order valence-electron chi connectivity index (χ2n) is 6.76. The van der Waals surface area contributed by atoms with Crippen LogP contribution in [0.1, 0.15) is 45.1 Å². The highest BCUT2D eigenvalue weighted by Crippen LogP contribution is 2.47. The van der Waals surface area contributed by atoms with Crippen molar-refractivity contribution >= 4 is 17.3 Å². The topological polar surface area (TPSA) is 66.9 Å². The Morgan fingerprint density at radius 3 is 2.48 bits per heavy atom. The van der Waals surface area contributed by atoms with Crippen molar-refractivity contribution in [2.24, 2.45) is 10.8 Å². The van der Waals surface area contributed by atoms with Crippen LogP contribution in [0.2, 0.25) is 5.02 Å². The van der Waals surface area contributed by atoms with Crippen molar-refractivity contribution < 1.29 is 4.92 Å². The van der Waals surface area contributed by atoms with Crippen LogP contribution in [0, 0.1) is 32.3 Å². The maximum absolute atomic E-state index is 11.2. The van der Waals surface area contributed by atoms with Gasteiger partial charge in [0, 0.05) is 16.7 Å². The van der Waals surface area contributed by atoms with E-state index >= 15 is 0 Å². The molecular formula is C16H19ClN2O2. The molecule has 1 aromatic rings. The minimum absolute atomic E-state index is 0.0545. The van der Waals surface area contributed by atoms with E-state index in [4.69, 9.17) is 11.6 Å². The summed E-state index contributed by atoms with van der Waals surface area (Å²) in [5.41, 5.74) is 0.360. The Morgan fingerprint density at radius 1 is 1.33 bits per heavy atom. The van der Waals surface area contributed by atoms with E-state index < -0.39 is 10.3 Å². The molecule has 112 valence electrons. The number of nitriles is 1. The standard InChI is InChI=1S/C16H19ClN2O2/c1-15(2)5-7-16(11-18,8-6-15)10-12-9-13(17)3-4-14(12)19(20)21/h3-4,9H,5-8,10H2,1-2H3. The summed E-state index contributed by atoms with van der Waals surface area (Å²) in [6.07, 6.45) is 3.89. The van der Waals surface area contributed by atoms with Crippen molar-refractivity contribution in [2.45, 2.75) is 46.0 Å². The average Bonchev–Trinajstić information content (AvgIpc) is 2.41. The van der Waals surface area contributed by atoms with Crippen LogP contribution in [0.4, 0.5) is 5.69 Å². The summed E-state index contributed by atoms with van der Waals surface area (Å²) in [5.74, 6) is 0. The highest BCUT2D eigenvalue weighted by atomic mass is 35.5. The van der Waals surface area contributed by atoms with Gasteiger partial charge in [0.1, 0.15) is 0 Å². The summed E-state index contributed by atoms with van der Waals surface area (Å²) in [4.78, 5) is 10.8. The van der Waals surface area contributed by atoms with Crippen LogP contribution in [0.15, 0.2) is 18.2 Å². The molecule has 1 aromatic carbocycles. The van der Waals surface area contributed by atoms with Gasteiger partial charge in [0.05, 0.1) is 16.4 Å². The van der Waals surface area contributed by atoms with Crippen LogP contribution in [0.3, 0.4) is 0 Å². The third-order valence-electron chi connectivity index (χ3n) is 4.56. The van der Waals surface area contributed by atoms with Crippen molar-refractivity contribution in [3.63, 3.8) is 0 Å². The third kappa shape index (κ3) is 3.54. The van der Waals surface area contributed by atoms with Crippen molar-refractivity contribution in [3.8, 4) is 6.07 Å². The van der Waals surface area contributed by atoms with E-state index in [2.05, 4.69) is 19.9 Å². The molecule has 0 heterocycles. The largest absolute Gasteiger partial charge is 0.272 e. The van der Waals surface area contributed by atoms with Crippen LogP contribution < -0.4 is 0 Å². The van der Waals surface area contributed by atoms with E-state index in [-0.39, 0.29) is 11.1 Å². The Hall–Kier alpha value is -1.60. The molecule has 0 bridgehead atoms. The van der Waals surface area contributed by atoms with Gasteiger partial charge in [-0.25, -0.2) is 0 Å². The van der Waals surface area contributed by atoms with E-state index in [0.29, 0.717) is 17.0 Å². The average molecular weight is 307 g/mol. The molecule has 0 atom stereocenters. The maximum atomic E-state index is 11.2. The summed E-state index contributed by atoms with van der Waals surface area (Å²) in [7, 11) is 0. The first-order valence-corrected chi connectivity index (χ1v) is 7.49. The zero-order chi connectivity index (χ0) is 15.7. The van der Waals surface area contributed by atoms with E-state index in [0.717, 1.165) is 25.7 Å². The monoisotopic (exact) mass is 306 g/mol. The molecule has 0 spiro atoms. The zero-order valence-corrected chi connectivity index (χ0v) is 13.1. The van der Waals surface area contributed by atoms with E-state index in [1.54, 1.807) is 6.07 Å². The smallest absolute Gasteiger partial charge is 0.258 e. The third-order valence-corrected chi connectivity index (χ3v) is 4.80. The predicted octanol–water partition coefficient (Wildman–Crippen LogP) is 4.90. The van der Waals surface area contributed by atoms with Gasteiger partial charge in [-0.3, -0.25) is 10.1 Å². The van der Waals surface area contributed by atoms with E-state index in [1.165, 1.54) is 12.1 Å². The lowest BCUT2D eigenvalue weighted by atomic mass is 9.63. The van der Waals surface area contributed by atoms with E-state index in [9.17, 15) is 15.4 Å². The molecule has 1 aliphatic carbocycles. The number of rotatable bonds is 3. The Morgan fingerprint density at radius 2 is 1.95 bits per heavy atom. The second kappa shape index (κ2) is 5.65. The van der Waals surface area contributed by atoms with Crippen molar-refractivity contribution in [3.05, 3.63) is 38.9 Å². The minimum Gasteiger partial charge on any atom is -0.258 e. The second-order valence-corrected chi connectivity index (χ2v) is 7.20. The summed E-state index contributed by atoms with van der Waals surface area (Å²) in [6, 6.07) is 6.99. The lowest BCUT2D eigenvalue weighted by molar-refractivity contribution is -0.385. The Labute approximate surface area is 129 Å². The molecule has 0 aromatic heterocycles. The number of hydrogen-bond donors (Lipinski definition) is 0. The van der Waals surface area contributed by atoms with Crippen LogP contribution in [-0.2, 0) is 6.42 Å². The number of nitro groups is 1. The summed E-state index contributed by atoms with van der Waals surface area (Å²) >= 11 is 5.97. The number of nitro benzene ring substituents is 1.